The van der Waals surface area contributed by atoms with E-state index in [9.17, 15) is 4.57 Å². The Bertz CT molecular complexity index is 155. The molecule has 0 N–H and O–H groups in total. The molecule has 0 heterocycles. The second kappa shape index (κ2) is 3.40. The highest BCUT2D eigenvalue weighted by Gasteiger charge is 2.18. The Morgan fingerprint density at radius 2 is 2.33 bits per heavy atom. The van der Waals surface area contributed by atoms with Crippen LogP contribution < -0.4 is 0 Å². The lowest BCUT2D eigenvalue weighted by Crippen LogP contribution is -1.82. The van der Waals surface area contributed by atoms with Gasteiger partial charge in [-0.2, -0.15) is 0 Å². The van der Waals surface area contributed by atoms with Gasteiger partial charge >= 0.3 is 6.72 Å². The van der Waals surface area contributed by atoms with Crippen molar-refractivity contribution in [2.75, 3.05) is 6.61 Å². The van der Waals surface area contributed by atoms with Crippen molar-refractivity contribution in [2.24, 2.45) is 0 Å². The summed E-state index contributed by atoms with van der Waals surface area (Å²) in [5.74, 6) is 0. The zero-order valence-electron chi connectivity index (χ0n) is 5.56. The van der Waals surface area contributed by atoms with Crippen LogP contribution in [0, 0.1) is 0 Å². The van der Waals surface area contributed by atoms with Crippen LogP contribution in [-0.4, -0.2) is 6.61 Å². The number of rotatable bonds is 3. The minimum Gasteiger partial charge on any atom is -0.315 e. The lowest BCUT2D eigenvalue weighted by atomic mass is 10.8. The first-order chi connectivity index (χ1) is 4.00. The van der Waals surface area contributed by atoms with Crippen LogP contribution in [0.3, 0.4) is 0 Å². The third kappa shape index (κ3) is 3.04. The van der Waals surface area contributed by atoms with E-state index >= 15 is 0 Å². The van der Waals surface area contributed by atoms with Crippen molar-refractivity contribution in [3.05, 3.63) is 11.9 Å². The Hall–Kier alpha value is 0.220. The summed E-state index contributed by atoms with van der Waals surface area (Å²) < 4.78 is 15.7. The first-order valence-electron chi connectivity index (χ1n) is 2.61. The van der Waals surface area contributed by atoms with Gasteiger partial charge in [-0.25, -0.2) is 0 Å². The van der Waals surface area contributed by atoms with Crippen LogP contribution in [-0.2, 0) is 9.09 Å². The monoisotopic (exact) mass is 168 g/mol. The maximum absolute atomic E-state index is 11.0. The van der Waals surface area contributed by atoms with Crippen molar-refractivity contribution in [1.82, 2.24) is 0 Å². The number of halogens is 1. The van der Waals surface area contributed by atoms with Crippen molar-refractivity contribution in [3.63, 3.8) is 0 Å². The van der Waals surface area contributed by atoms with Gasteiger partial charge in [-0.05, 0) is 25.1 Å². The van der Waals surface area contributed by atoms with Gasteiger partial charge in [0.2, 0.25) is 0 Å². The molecule has 0 aromatic carbocycles. The van der Waals surface area contributed by atoms with E-state index in [4.69, 9.17) is 15.8 Å². The highest BCUT2D eigenvalue weighted by Crippen LogP contribution is 2.58. The van der Waals surface area contributed by atoms with Gasteiger partial charge < -0.3 is 4.52 Å². The highest BCUT2D eigenvalue weighted by atomic mass is 35.7. The Kier molecular flexibility index (Phi) is 3.49. The molecule has 0 amide bonds. The predicted octanol–water partition coefficient (Wildman–Crippen LogP) is 2.99. The van der Waals surface area contributed by atoms with E-state index in [-0.39, 0.29) is 0 Å². The normalized spacial score (nSPS) is 16.8. The molecule has 0 aliphatic carbocycles. The molecule has 0 spiro atoms. The number of hydrogen-bond donors (Lipinski definition) is 0. The van der Waals surface area contributed by atoms with E-state index in [2.05, 4.69) is 6.58 Å². The second-order valence-electron chi connectivity index (χ2n) is 1.63. The molecule has 4 heteroatoms. The molecule has 1 unspecified atom stereocenters. The Labute approximate surface area is 60.1 Å². The number of allylic oxidation sites excluding steroid dienone is 1. The van der Waals surface area contributed by atoms with E-state index in [0.717, 1.165) is 0 Å². The maximum Gasteiger partial charge on any atom is 0.315 e. The van der Waals surface area contributed by atoms with Crippen LogP contribution >= 0.6 is 18.0 Å². The minimum atomic E-state index is -2.99. The molecule has 0 aromatic heterocycles. The maximum atomic E-state index is 11.0. The summed E-state index contributed by atoms with van der Waals surface area (Å²) in [6.45, 7) is 4.11. The van der Waals surface area contributed by atoms with E-state index < -0.39 is 6.72 Å². The summed E-state index contributed by atoms with van der Waals surface area (Å²) in [5.41, 5.74) is 0. The summed E-state index contributed by atoms with van der Waals surface area (Å²) >= 11 is 5.41. The van der Waals surface area contributed by atoms with Crippen molar-refractivity contribution >= 4 is 18.0 Å². The van der Waals surface area contributed by atoms with Crippen LogP contribution in [0.1, 0.15) is 13.8 Å². The Balaban J connectivity index is 4.04. The zero-order valence-corrected chi connectivity index (χ0v) is 7.21. The first-order valence-corrected chi connectivity index (χ1v) is 5.14. The smallest absolute Gasteiger partial charge is 0.315 e. The average Bonchev–Trinajstić information content (AvgIpc) is 1.65. The summed E-state index contributed by atoms with van der Waals surface area (Å²) in [7, 11) is 0. The molecular weight excluding hydrogens is 158 g/mol. The van der Waals surface area contributed by atoms with E-state index in [1.54, 1.807) is 13.8 Å². The fraction of sp³-hybridized carbons (Fsp3) is 0.600. The average molecular weight is 169 g/mol. The molecule has 0 rings (SSSR count). The van der Waals surface area contributed by atoms with Gasteiger partial charge in [0.05, 0.1) is 6.61 Å². The van der Waals surface area contributed by atoms with Crippen LogP contribution in [0.2, 0.25) is 0 Å². The third-order valence-corrected chi connectivity index (χ3v) is 3.41. The molecule has 0 aromatic rings. The Morgan fingerprint density at radius 1 is 1.89 bits per heavy atom. The van der Waals surface area contributed by atoms with Gasteiger partial charge in [0.25, 0.3) is 0 Å². The van der Waals surface area contributed by atoms with Gasteiger partial charge in [-0.15, -0.1) is 0 Å². The SMILES string of the molecule is C=C(C)P(=O)(Cl)OCC. The van der Waals surface area contributed by atoms with E-state index in [1.807, 2.05) is 0 Å². The molecule has 0 fully saturated rings. The van der Waals surface area contributed by atoms with Crippen molar-refractivity contribution in [1.29, 1.82) is 0 Å². The molecule has 0 aliphatic rings. The highest BCUT2D eigenvalue weighted by molar-refractivity contribution is 7.88. The lowest BCUT2D eigenvalue weighted by molar-refractivity contribution is 0.349. The Morgan fingerprint density at radius 3 is 2.44 bits per heavy atom. The molecule has 54 valence electrons. The molecule has 0 aliphatic heterocycles. The third-order valence-electron chi connectivity index (χ3n) is 0.751. The van der Waals surface area contributed by atoms with E-state index in [1.165, 1.54) is 0 Å². The van der Waals surface area contributed by atoms with Gasteiger partial charge in [0, 0.05) is 5.31 Å². The fourth-order valence-corrected chi connectivity index (χ4v) is 1.12. The summed E-state index contributed by atoms with van der Waals surface area (Å²) in [6.07, 6.45) is 0. The predicted molar refractivity (Wildman–Crippen MR) is 39.9 cm³/mol. The van der Waals surface area contributed by atoms with Gasteiger partial charge in [0.1, 0.15) is 0 Å². The van der Waals surface area contributed by atoms with Gasteiger partial charge in [0.15, 0.2) is 0 Å². The van der Waals surface area contributed by atoms with Crippen molar-refractivity contribution in [2.45, 2.75) is 13.8 Å². The summed E-state index contributed by atoms with van der Waals surface area (Å²) in [6, 6.07) is 0. The molecule has 1 atom stereocenters. The molecule has 0 bridgehead atoms. The standard InChI is InChI=1S/C5H10ClO2P/c1-4-8-9(6,7)5(2)3/h2,4H2,1,3H3. The van der Waals surface area contributed by atoms with Gasteiger partial charge in [-0.1, -0.05) is 6.58 Å². The van der Waals surface area contributed by atoms with Crippen LogP contribution in [0.4, 0.5) is 0 Å². The van der Waals surface area contributed by atoms with Crippen molar-refractivity contribution < 1.29 is 9.09 Å². The van der Waals surface area contributed by atoms with Crippen molar-refractivity contribution in [3.8, 4) is 0 Å². The molecule has 2 nitrogen and oxygen atoms in total. The summed E-state index contributed by atoms with van der Waals surface area (Å²) in [5, 5.41) is 0.394. The van der Waals surface area contributed by atoms with E-state index in [0.29, 0.717) is 11.9 Å². The largest absolute Gasteiger partial charge is 0.315 e. The van der Waals surface area contributed by atoms with Crippen LogP contribution in [0.25, 0.3) is 0 Å². The minimum absolute atomic E-state index is 0.355. The molecule has 0 radical (unpaired) electrons. The van der Waals surface area contributed by atoms with Gasteiger partial charge in [-0.3, -0.25) is 4.57 Å². The lowest BCUT2D eigenvalue weighted by Gasteiger charge is -2.07. The van der Waals surface area contributed by atoms with Crippen LogP contribution in [0.5, 0.6) is 0 Å². The van der Waals surface area contributed by atoms with Crippen LogP contribution in [0.15, 0.2) is 11.9 Å². The molecule has 9 heavy (non-hydrogen) atoms. The molecule has 0 saturated carbocycles. The second-order valence-corrected chi connectivity index (χ2v) is 4.95. The quantitative estimate of drug-likeness (QED) is 0.606. The molecular formula is C5H10ClO2P. The summed E-state index contributed by atoms with van der Waals surface area (Å²) in [4.78, 5) is 0. The number of hydrogen-bond acceptors (Lipinski definition) is 2. The topological polar surface area (TPSA) is 26.3 Å². The fourth-order valence-electron chi connectivity index (χ4n) is 0.276. The molecule has 0 saturated heterocycles. The zero-order chi connectivity index (χ0) is 7.49. The first kappa shape index (κ1) is 9.22.